The van der Waals surface area contributed by atoms with Crippen LogP contribution in [0.4, 0.5) is 19.0 Å². The molecule has 2 aliphatic rings. The van der Waals surface area contributed by atoms with Crippen LogP contribution in [-0.4, -0.2) is 57.4 Å². The maximum absolute atomic E-state index is 12.9. The van der Waals surface area contributed by atoms with Crippen LogP contribution in [0.2, 0.25) is 0 Å². The van der Waals surface area contributed by atoms with Gasteiger partial charge in [0.25, 0.3) is 5.82 Å². The molecule has 0 atom stereocenters. The van der Waals surface area contributed by atoms with Gasteiger partial charge >= 0.3 is 6.18 Å². The van der Waals surface area contributed by atoms with Crippen LogP contribution in [0.25, 0.3) is 5.65 Å². The molecule has 0 amide bonds. The van der Waals surface area contributed by atoms with E-state index in [9.17, 15) is 13.2 Å². The fourth-order valence-corrected chi connectivity index (χ4v) is 2.95. The second-order valence-electron chi connectivity index (χ2n) is 6.21. The summed E-state index contributed by atoms with van der Waals surface area (Å²) in [6.45, 7) is 4.53. The molecule has 9 heteroatoms. The number of hydrogen-bond donors (Lipinski definition) is 0. The Kier molecular flexibility index (Phi) is 3.40. The topological polar surface area (TPSA) is 49.6 Å². The molecule has 1 saturated carbocycles. The lowest BCUT2D eigenvalue weighted by Crippen LogP contribution is -2.47. The number of rotatable bonds is 3. The third-order valence-corrected chi connectivity index (χ3v) is 4.41. The van der Waals surface area contributed by atoms with Crippen LogP contribution >= 0.6 is 0 Å². The largest absolute Gasteiger partial charge is 0.453 e. The van der Waals surface area contributed by atoms with E-state index in [0.717, 1.165) is 43.2 Å². The van der Waals surface area contributed by atoms with Crippen molar-refractivity contribution in [2.45, 2.75) is 19.0 Å². The molecule has 0 bridgehead atoms. The zero-order chi connectivity index (χ0) is 16.0. The second-order valence-corrected chi connectivity index (χ2v) is 6.21. The molecular weight excluding hydrogens is 309 g/mol. The van der Waals surface area contributed by atoms with Crippen LogP contribution in [0, 0.1) is 5.92 Å². The Morgan fingerprint density at radius 1 is 1.04 bits per heavy atom. The lowest BCUT2D eigenvalue weighted by Gasteiger charge is -2.35. The smallest absolute Gasteiger partial charge is 0.353 e. The molecule has 1 aliphatic carbocycles. The molecule has 0 aromatic carbocycles. The Morgan fingerprint density at radius 3 is 2.43 bits per heavy atom. The van der Waals surface area contributed by atoms with E-state index in [-0.39, 0.29) is 5.65 Å². The molecule has 1 aliphatic heterocycles. The van der Waals surface area contributed by atoms with Gasteiger partial charge in [-0.2, -0.15) is 17.7 Å². The summed E-state index contributed by atoms with van der Waals surface area (Å²) in [5, 5.41) is 10.8. The molecule has 0 unspecified atom stereocenters. The summed E-state index contributed by atoms with van der Waals surface area (Å²) in [7, 11) is 0. The van der Waals surface area contributed by atoms with Crippen molar-refractivity contribution in [3.05, 3.63) is 18.0 Å². The number of fused-ring (bicyclic) bond motifs is 1. The molecule has 2 aromatic rings. The first-order valence-corrected chi connectivity index (χ1v) is 7.78. The normalized spacial score (nSPS) is 20.4. The fraction of sp³-hybridized carbons (Fsp3) is 0.643. The highest BCUT2D eigenvalue weighted by atomic mass is 19.4. The first-order chi connectivity index (χ1) is 11.0. The summed E-state index contributed by atoms with van der Waals surface area (Å²) in [6.07, 6.45) is -1.91. The van der Waals surface area contributed by atoms with Crippen molar-refractivity contribution in [2.75, 3.05) is 37.6 Å². The molecule has 0 spiro atoms. The SMILES string of the molecule is FC(F)(F)c1nnc2ccc(N3CCN(CC4CC4)CC3)nn12. The summed E-state index contributed by atoms with van der Waals surface area (Å²) < 4.78 is 39.5. The highest BCUT2D eigenvalue weighted by Gasteiger charge is 2.38. The number of alkyl halides is 3. The summed E-state index contributed by atoms with van der Waals surface area (Å²) in [5.74, 6) is 0.304. The second kappa shape index (κ2) is 5.33. The van der Waals surface area contributed by atoms with Gasteiger partial charge in [-0.15, -0.1) is 15.3 Å². The first kappa shape index (κ1) is 14.7. The van der Waals surface area contributed by atoms with Crippen molar-refractivity contribution >= 4 is 11.5 Å². The van der Waals surface area contributed by atoms with Crippen molar-refractivity contribution in [1.29, 1.82) is 0 Å². The monoisotopic (exact) mass is 326 g/mol. The first-order valence-electron chi connectivity index (χ1n) is 7.78. The lowest BCUT2D eigenvalue weighted by atomic mass is 10.3. The van der Waals surface area contributed by atoms with Gasteiger partial charge in [-0.05, 0) is 30.9 Å². The minimum absolute atomic E-state index is 0.105. The van der Waals surface area contributed by atoms with Gasteiger partial charge in [-0.1, -0.05) is 0 Å². The number of halogens is 3. The Hall–Kier alpha value is -1.90. The van der Waals surface area contributed by atoms with E-state index in [0.29, 0.717) is 5.82 Å². The van der Waals surface area contributed by atoms with Gasteiger partial charge in [0.05, 0.1) is 0 Å². The van der Waals surface area contributed by atoms with Crippen molar-refractivity contribution < 1.29 is 13.2 Å². The number of aromatic nitrogens is 4. The van der Waals surface area contributed by atoms with Gasteiger partial charge in [-0.25, -0.2) is 0 Å². The highest BCUT2D eigenvalue weighted by Crippen LogP contribution is 2.30. The average Bonchev–Trinajstić information content (AvgIpc) is 3.22. The number of nitrogens with zero attached hydrogens (tertiary/aromatic N) is 6. The molecule has 0 N–H and O–H groups in total. The summed E-state index contributed by atoms with van der Waals surface area (Å²) >= 11 is 0. The fourth-order valence-electron chi connectivity index (χ4n) is 2.95. The van der Waals surface area contributed by atoms with E-state index in [4.69, 9.17) is 0 Å². The van der Waals surface area contributed by atoms with Gasteiger partial charge < -0.3 is 4.90 Å². The molecule has 4 rings (SSSR count). The number of anilines is 1. The maximum Gasteiger partial charge on any atom is 0.453 e. The van der Waals surface area contributed by atoms with Gasteiger partial charge in [0.1, 0.15) is 5.82 Å². The quantitative estimate of drug-likeness (QED) is 0.859. The molecule has 6 nitrogen and oxygen atoms in total. The van der Waals surface area contributed by atoms with Crippen molar-refractivity contribution in [3.8, 4) is 0 Å². The van der Waals surface area contributed by atoms with Crippen LogP contribution < -0.4 is 4.90 Å². The zero-order valence-corrected chi connectivity index (χ0v) is 12.5. The highest BCUT2D eigenvalue weighted by molar-refractivity contribution is 5.46. The zero-order valence-electron chi connectivity index (χ0n) is 12.5. The third-order valence-electron chi connectivity index (χ3n) is 4.41. The minimum Gasteiger partial charge on any atom is -0.353 e. The van der Waals surface area contributed by atoms with Crippen molar-refractivity contribution in [3.63, 3.8) is 0 Å². The molecule has 2 aromatic heterocycles. The Labute approximate surface area is 130 Å². The molecule has 1 saturated heterocycles. The maximum atomic E-state index is 12.9. The predicted octanol–water partition coefficient (Wildman–Crippen LogP) is 1.68. The van der Waals surface area contributed by atoms with Gasteiger partial charge in [-0.3, -0.25) is 4.90 Å². The average molecular weight is 326 g/mol. The van der Waals surface area contributed by atoms with Crippen LogP contribution in [0.15, 0.2) is 12.1 Å². The molecule has 23 heavy (non-hydrogen) atoms. The Balaban J connectivity index is 1.52. The lowest BCUT2D eigenvalue weighted by molar-refractivity contribution is -0.146. The van der Waals surface area contributed by atoms with Crippen molar-refractivity contribution in [1.82, 2.24) is 24.7 Å². The summed E-state index contributed by atoms with van der Waals surface area (Å²) in [6, 6.07) is 3.24. The van der Waals surface area contributed by atoms with Crippen LogP contribution in [-0.2, 0) is 6.18 Å². The molecule has 124 valence electrons. The van der Waals surface area contributed by atoms with E-state index in [1.807, 2.05) is 4.90 Å². The summed E-state index contributed by atoms with van der Waals surface area (Å²) in [5.41, 5.74) is 0.105. The molecule has 0 radical (unpaired) electrons. The third kappa shape index (κ3) is 2.97. The van der Waals surface area contributed by atoms with Crippen LogP contribution in [0.5, 0.6) is 0 Å². The van der Waals surface area contributed by atoms with Crippen LogP contribution in [0.1, 0.15) is 18.7 Å². The van der Waals surface area contributed by atoms with Gasteiger partial charge in [0.2, 0.25) is 0 Å². The standard InChI is InChI=1S/C14H17F3N6/c15-14(16,17)13-19-18-11-3-4-12(20-23(11)13)22-7-5-21(6-8-22)9-10-1-2-10/h3-4,10H,1-2,5-9H2. The Bertz CT molecular complexity index is 700. The van der Waals surface area contributed by atoms with E-state index in [1.54, 1.807) is 6.07 Å². The van der Waals surface area contributed by atoms with E-state index < -0.39 is 12.0 Å². The molecular formula is C14H17F3N6. The van der Waals surface area contributed by atoms with E-state index in [2.05, 4.69) is 20.2 Å². The minimum atomic E-state index is -4.56. The summed E-state index contributed by atoms with van der Waals surface area (Å²) in [4.78, 5) is 4.44. The number of hydrogen-bond acceptors (Lipinski definition) is 5. The van der Waals surface area contributed by atoms with E-state index >= 15 is 0 Å². The van der Waals surface area contributed by atoms with Crippen molar-refractivity contribution in [2.24, 2.45) is 5.92 Å². The number of piperazine rings is 1. The van der Waals surface area contributed by atoms with Gasteiger partial charge in [0, 0.05) is 32.7 Å². The van der Waals surface area contributed by atoms with E-state index in [1.165, 1.54) is 18.9 Å². The van der Waals surface area contributed by atoms with Crippen LogP contribution in [0.3, 0.4) is 0 Å². The predicted molar refractivity (Wildman–Crippen MR) is 77.2 cm³/mol. The van der Waals surface area contributed by atoms with Gasteiger partial charge in [0.15, 0.2) is 5.65 Å². The molecule has 3 heterocycles. The molecule has 2 fully saturated rings. The Morgan fingerprint density at radius 2 is 1.78 bits per heavy atom.